The van der Waals surface area contributed by atoms with Crippen LogP contribution in [0.25, 0.3) is 11.5 Å². The van der Waals surface area contributed by atoms with Crippen molar-refractivity contribution in [1.82, 2.24) is 10.3 Å². The summed E-state index contributed by atoms with van der Waals surface area (Å²) in [6, 6.07) is 6.06. The number of rotatable bonds is 3. The van der Waals surface area contributed by atoms with Crippen molar-refractivity contribution in [2.45, 2.75) is 6.54 Å². The van der Waals surface area contributed by atoms with Gasteiger partial charge in [0.15, 0.2) is 0 Å². The Hall–Kier alpha value is -1.68. The topological polar surface area (TPSA) is 38.1 Å². The second kappa shape index (κ2) is 4.23. The molecule has 0 radical (unpaired) electrons. The van der Waals surface area contributed by atoms with Gasteiger partial charge in [-0.25, -0.2) is 9.37 Å². The number of nitrogens with zero attached hydrogens (tertiary/aromatic N) is 1. The maximum absolute atomic E-state index is 12.7. The minimum Gasteiger partial charge on any atom is -0.444 e. The molecule has 0 saturated heterocycles. The molecule has 1 N–H and O–H groups in total. The maximum atomic E-state index is 12.7. The average molecular weight is 206 g/mol. The third-order valence-electron chi connectivity index (χ3n) is 2.00. The number of hydrogen-bond acceptors (Lipinski definition) is 3. The van der Waals surface area contributed by atoms with E-state index < -0.39 is 0 Å². The molecule has 0 spiro atoms. The van der Waals surface area contributed by atoms with E-state index in [-0.39, 0.29) is 5.82 Å². The Morgan fingerprint density at radius 3 is 2.73 bits per heavy atom. The van der Waals surface area contributed by atoms with Crippen LogP contribution in [0.15, 0.2) is 34.9 Å². The molecule has 0 saturated carbocycles. The van der Waals surface area contributed by atoms with E-state index in [0.29, 0.717) is 12.4 Å². The Morgan fingerprint density at radius 1 is 1.33 bits per heavy atom. The molecule has 78 valence electrons. The summed E-state index contributed by atoms with van der Waals surface area (Å²) in [6.07, 6.45) is 1.59. The zero-order valence-electron chi connectivity index (χ0n) is 8.33. The first kappa shape index (κ1) is 9.86. The third kappa shape index (κ3) is 2.22. The molecule has 1 heterocycles. The zero-order chi connectivity index (χ0) is 10.7. The van der Waals surface area contributed by atoms with Crippen molar-refractivity contribution >= 4 is 0 Å². The highest BCUT2D eigenvalue weighted by atomic mass is 19.1. The molecule has 0 atom stereocenters. The van der Waals surface area contributed by atoms with Crippen LogP contribution in [0.5, 0.6) is 0 Å². The fourth-order valence-electron chi connectivity index (χ4n) is 1.29. The number of oxazole rings is 1. The Bertz CT molecular complexity index is 436. The lowest BCUT2D eigenvalue weighted by Gasteiger charge is -1.94. The van der Waals surface area contributed by atoms with Crippen molar-refractivity contribution < 1.29 is 8.81 Å². The van der Waals surface area contributed by atoms with Crippen molar-refractivity contribution in [2.24, 2.45) is 0 Å². The lowest BCUT2D eigenvalue weighted by molar-refractivity contribution is 0.571. The number of aromatic nitrogens is 1. The third-order valence-corrected chi connectivity index (χ3v) is 2.00. The molecular weight excluding hydrogens is 195 g/mol. The molecule has 0 unspecified atom stereocenters. The van der Waals surface area contributed by atoms with Crippen molar-refractivity contribution in [3.63, 3.8) is 0 Å². The van der Waals surface area contributed by atoms with E-state index in [0.717, 1.165) is 11.3 Å². The molecule has 0 fully saturated rings. The summed E-state index contributed by atoms with van der Waals surface area (Å²) < 4.78 is 17.9. The smallest absolute Gasteiger partial charge is 0.226 e. The van der Waals surface area contributed by atoms with Crippen molar-refractivity contribution in [3.05, 3.63) is 42.0 Å². The van der Waals surface area contributed by atoms with E-state index in [4.69, 9.17) is 4.42 Å². The van der Waals surface area contributed by atoms with E-state index in [1.807, 2.05) is 7.05 Å². The van der Waals surface area contributed by atoms with Crippen LogP contribution in [0.3, 0.4) is 0 Å². The van der Waals surface area contributed by atoms with Gasteiger partial charge in [0.05, 0.1) is 5.69 Å². The lowest BCUT2D eigenvalue weighted by atomic mass is 10.2. The minimum absolute atomic E-state index is 0.263. The second-order valence-electron chi connectivity index (χ2n) is 3.18. The SMILES string of the molecule is CNCc1coc(-c2ccc(F)cc2)n1. The van der Waals surface area contributed by atoms with E-state index >= 15 is 0 Å². The molecule has 1 aromatic carbocycles. The predicted octanol–water partition coefficient (Wildman–Crippen LogP) is 2.20. The first-order valence-electron chi connectivity index (χ1n) is 4.64. The molecule has 4 heteroatoms. The molecule has 0 amide bonds. The molecule has 3 nitrogen and oxygen atoms in total. The number of halogens is 1. The Morgan fingerprint density at radius 2 is 2.07 bits per heavy atom. The summed E-state index contributed by atoms with van der Waals surface area (Å²) in [6.45, 7) is 0.657. The van der Waals surface area contributed by atoms with Gasteiger partial charge in [-0.15, -0.1) is 0 Å². The van der Waals surface area contributed by atoms with Gasteiger partial charge in [-0.2, -0.15) is 0 Å². The molecule has 0 aliphatic carbocycles. The van der Waals surface area contributed by atoms with Gasteiger partial charge in [-0.3, -0.25) is 0 Å². The van der Waals surface area contributed by atoms with Crippen LogP contribution in [-0.2, 0) is 6.54 Å². The number of nitrogens with one attached hydrogen (secondary N) is 1. The van der Waals surface area contributed by atoms with E-state index in [2.05, 4.69) is 10.3 Å². The Labute approximate surface area is 86.9 Å². The van der Waals surface area contributed by atoms with Crippen LogP contribution >= 0.6 is 0 Å². The van der Waals surface area contributed by atoms with E-state index in [9.17, 15) is 4.39 Å². The largest absolute Gasteiger partial charge is 0.444 e. The summed E-state index contributed by atoms with van der Waals surface area (Å²) in [4.78, 5) is 4.25. The van der Waals surface area contributed by atoms with Crippen LogP contribution in [0.2, 0.25) is 0 Å². The van der Waals surface area contributed by atoms with Gasteiger partial charge in [0, 0.05) is 12.1 Å². The van der Waals surface area contributed by atoms with Gasteiger partial charge in [0.25, 0.3) is 0 Å². The fourth-order valence-corrected chi connectivity index (χ4v) is 1.29. The lowest BCUT2D eigenvalue weighted by Crippen LogP contribution is -2.04. The van der Waals surface area contributed by atoms with Crippen LogP contribution in [-0.4, -0.2) is 12.0 Å². The first-order chi connectivity index (χ1) is 7.29. The normalized spacial score (nSPS) is 10.5. The quantitative estimate of drug-likeness (QED) is 0.836. The first-order valence-corrected chi connectivity index (χ1v) is 4.64. The molecule has 2 rings (SSSR count). The highest BCUT2D eigenvalue weighted by Gasteiger charge is 2.05. The predicted molar refractivity (Wildman–Crippen MR) is 54.7 cm³/mol. The average Bonchev–Trinajstić information content (AvgIpc) is 2.68. The van der Waals surface area contributed by atoms with Gasteiger partial charge >= 0.3 is 0 Å². The summed E-state index contributed by atoms with van der Waals surface area (Å²) in [5.41, 5.74) is 1.61. The minimum atomic E-state index is -0.263. The highest BCUT2D eigenvalue weighted by Crippen LogP contribution is 2.18. The molecule has 0 aliphatic rings. The van der Waals surface area contributed by atoms with Crippen LogP contribution in [0.1, 0.15) is 5.69 Å². The zero-order valence-corrected chi connectivity index (χ0v) is 8.33. The number of hydrogen-bond donors (Lipinski definition) is 1. The van der Waals surface area contributed by atoms with Crippen molar-refractivity contribution in [3.8, 4) is 11.5 Å². The van der Waals surface area contributed by atoms with E-state index in [1.165, 1.54) is 12.1 Å². The van der Waals surface area contributed by atoms with Gasteiger partial charge in [0.1, 0.15) is 12.1 Å². The van der Waals surface area contributed by atoms with Crippen LogP contribution in [0.4, 0.5) is 4.39 Å². The summed E-state index contributed by atoms with van der Waals surface area (Å²) in [7, 11) is 1.84. The Balaban J connectivity index is 2.25. The van der Waals surface area contributed by atoms with Crippen LogP contribution < -0.4 is 5.32 Å². The number of benzene rings is 1. The summed E-state index contributed by atoms with van der Waals surface area (Å²) in [5.74, 6) is 0.251. The Kier molecular flexibility index (Phi) is 2.78. The molecule has 0 bridgehead atoms. The van der Waals surface area contributed by atoms with Crippen molar-refractivity contribution in [2.75, 3.05) is 7.05 Å². The molecule has 15 heavy (non-hydrogen) atoms. The van der Waals surface area contributed by atoms with Crippen LogP contribution in [0, 0.1) is 5.82 Å². The molecule has 0 aliphatic heterocycles. The molecule has 2 aromatic rings. The summed E-state index contributed by atoms with van der Waals surface area (Å²) >= 11 is 0. The van der Waals surface area contributed by atoms with Gasteiger partial charge in [-0.05, 0) is 31.3 Å². The fraction of sp³-hybridized carbons (Fsp3) is 0.182. The second-order valence-corrected chi connectivity index (χ2v) is 3.18. The van der Waals surface area contributed by atoms with Gasteiger partial charge in [-0.1, -0.05) is 0 Å². The highest BCUT2D eigenvalue weighted by molar-refractivity contribution is 5.52. The molecule has 1 aromatic heterocycles. The maximum Gasteiger partial charge on any atom is 0.226 e. The van der Waals surface area contributed by atoms with Gasteiger partial charge < -0.3 is 9.73 Å². The van der Waals surface area contributed by atoms with Crippen molar-refractivity contribution in [1.29, 1.82) is 0 Å². The van der Waals surface area contributed by atoms with E-state index in [1.54, 1.807) is 18.4 Å². The summed E-state index contributed by atoms with van der Waals surface area (Å²) in [5, 5.41) is 2.98. The molecular formula is C11H11FN2O. The standard InChI is InChI=1S/C11H11FN2O/c1-13-6-10-7-15-11(14-10)8-2-4-9(12)5-3-8/h2-5,7,13H,6H2,1H3. The van der Waals surface area contributed by atoms with Gasteiger partial charge in [0.2, 0.25) is 5.89 Å². The monoisotopic (exact) mass is 206 g/mol.